The highest BCUT2D eigenvalue weighted by Crippen LogP contribution is 2.19. The lowest BCUT2D eigenvalue weighted by Gasteiger charge is -2.18. The van der Waals surface area contributed by atoms with E-state index in [0.29, 0.717) is 24.4 Å². The Labute approximate surface area is 132 Å². The molecule has 0 bridgehead atoms. The summed E-state index contributed by atoms with van der Waals surface area (Å²) >= 11 is 3.35. The smallest absolute Gasteiger partial charge is 0.255 e. The maximum absolute atomic E-state index is 12.3. The third-order valence-electron chi connectivity index (χ3n) is 3.03. The van der Waals surface area contributed by atoms with Crippen molar-refractivity contribution in [1.29, 1.82) is 0 Å². The fourth-order valence-electron chi connectivity index (χ4n) is 1.84. The summed E-state index contributed by atoms with van der Waals surface area (Å²) < 4.78 is 6.41. The number of hydrogen-bond acceptors (Lipinski definition) is 3. The predicted molar refractivity (Wildman–Crippen MR) is 87.5 cm³/mol. The number of hydrogen-bond donors (Lipinski definition) is 1. The molecule has 2 aromatic carbocycles. The van der Waals surface area contributed by atoms with Crippen LogP contribution in [-0.4, -0.2) is 31.0 Å². The number of ether oxygens (including phenoxy) is 1. The predicted octanol–water partition coefficient (Wildman–Crippen LogP) is 3.18. The van der Waals surface area contributed by atoms with Crippen LogP contribution in [0.3, 0.4) is 0 Å². The van der Waals surface area contributed by atoms with E-state index in [9.17, 15) is 4.79 Å². The molecule has 0 aromatic heterocycles. The third-order valence-corrected chi connectivity index (χ3v) is 3.52. The second kappa shape index (κ2) is 7.13. The van der Waals surface area contributed by atoms with Gasteiger partial charge in [-0.2, -0.15) is 0 Å². The zero-order valence-corrected chi connectivity index (χ0v) is 13.3. The van der Waals surface area contributed by atoms with Gasteiger partial charge >= 0.3 is 0 Å². The van der Waals surface area contributed by atoms with Crippen LogP contribution in [0.2, 0.25) is 0 Å². The van der Waals surface area contributed by atoms with Gasteiger partial charge < -0.3 is 15.4 Å². The second-order valence-electron chi connectivity index (χ2n) is 4.62. The quantitative estimate of drug-likeness (QED) is 0.844. The summed E-state index contributed by atoms with van der Waals surface area (Å²) in [7, 11) is 1.73. The van der Waals surface area contributed by atoms with E-state index in [4.69, 9.17) is 10.5 Å². The standard InChI is InChI=1S/C16H17BrN2O2/c1-19(9-10-21-13-5-3-2-4-6-13)16(20)14-11-12(17)7-8-15(14)18/h2-8,11H,9-10,18H2,1H3. The largest absolute Gasteiger partial charge is 0.492 e. The zero-order chi connectivity index (χ0) is 15.2. The van der Waals surface area contributed by atoms with Crippen molar-refractivity contribution in [3.05, 3.63) is 58.6 Å². The molecule has 0 fully saturated rings. The van der Waals surface area contributed by atoms with Crippen molar-refractivity contribution in [3.63, 3.8) is 0 Å². The minimum Gasteiger partial charge on any atom is -0.492 e. The number of carbonyl (C=O) groups is 1. The van der Waals surface area contributed by atoms with Crippen molar-refractivity contribution >= 4 is 27.5 Å². The Kier molecular flexibility index (Phi) is 5.22. The minimum absolute atomic E-state index is 0.120. The van der Waals surface area contributed by atoms with E-state index in [0.717, 1.165) is 10.2 Å². The number of benzene rings is 2. The molecule has 21 heavy (non-hydrogen) atoms. The highest BCUT2D eigenvalue weighted by molar-refractivity contribution is 9.10. The molecule has 2 N–H and O–H groups in total. The lowest BCUT2D eigenvalue weighted by molar-refractivity contribution is 0.0774. The maximum Gasteiger partial charge on any atom is 0.255 e. The maximum atomic E-state index is 12.3. The number of likely N-dealkylation sites (N-methyl/N-ethyl adjacent to an activating group) is 1. The number of anilines is 1. The number of para-hydroxylation sites is 1. The van der Waals surface area contributed by atoms with Gasteiger partial charge in [0.2, 0.25) is 0 Å². The summed E-state index contributed by atoms with van der Waals surface area (Å²) in [6, 6.07) is 14.8. The summed E-state index contributed by atoms with van der Waals surface area (Å²) in [5, 5.41) is 0. The molecule has 0 aliphatic rings. The normalized spacial score (nSPS) is 10.2. The number of rotatable bonds is 5. The van der Waals surface area contributed by atoms with Crippen LogP contribution < -0.4 is 10.5 Å². The van der Waals surface area contributed by atoms with Gasteiger partial charge in [-0.3, -0.25) is 4.79 Å². The Balaban J connectivity index is 1.92. The van der Waals surface area contributed by atoms with Crippen molar-refractivity contribution in [2.75, 3.05) is 25.9 Å². The van der Waals surface area contributed by atoms with Crippen molar-refractivity contribution in [2.24, 2.45) is 0 Å². The molecule has 0 aliphatic carbocycles. The monoisotopic (exact) mass is 348 g/mol. The second-order valence-corrected chi connectivity index (χ2v) is 5.54. The number of carbonyl (C=O) groups excluding carboxylic acids is 1. The van der Waals surface area contributed by atoms with Gasteiger partial charge in [0.25, 0.3) is 5.91 Å². The summed E-state index contributed by atoms with van der Waals surface area (Å²) in [6.07, 6.45) is 0. The highest BCUT2D eigenvalue weighted by Gasteiger charge is 2.15. The van der Waals surface area contributed by atoms with Crippen molar-refractivity contribution in [3.8, 4) is 5.75 Å². The van der Waals surface area contributed by atoms with Gasteiger partial charge in [-0.05, 0) is 30.3 Å². The van der Waals surface area contributed by atoms with Crippen LogP contribution >= 0.6 is 15.9 Å². The average Bonchev–Trinajstić information content (AvgIpc) is 2.50. The highest BCUT2D eigenvalue weighted by atomic mass is 79.9. The molecule has 0 saturated carbocycles. The SMILES string of the molecule is CN(CCOc1ccccc1)C(=O)c1cc(Br)ccc1N. The first-order valence-corrected chi connectivity index (χ1v) is 7.35. The molecule has 0 heterocycles. The Bertz CT molecular complexity index is 617. The van der Waals surface area contributed by atoms with E-state index in [2.05, 4.69) is 15.9 Å². The topological polar surface area (TPSA) is 55.6 Å². The zero-order valence-electron chi connectivity index (χ0n) is 11.8. The van der Waals surface area contributed by atoms with Gasteiger partial charge in [0, 0.05) is 17.2 Å². The van der Waals surface area contributed by atoms with Crippen LogP contribution in [0.1, 0.15) is 10.4 Å². The summed E-state index contributed by atoms with van der Waals surface area (Å²) in [5.74, 6) is 0.672. The van der Waals surface area contributed by atoms with Crippen molar-refractivity contribution in [1.82, 2.24) is 4.90 Å². The first-order chi connectivity index (χ1) is 10.1. The summed E-state index contributed by atoms with van der Waals surface area (Å²) in [4.78, 5) is 13.9. The molecule has 0 aliphatic heterocycles. The molecule has 0 radical (unpaired) electrons. The lowest BCUT2D eigenvalue weighted by Crippen LogP contribution is -2.31. The van der Waals surface area contributed by atoms with Gasteiger partial charge in [0.15, 0.2) is 0 Å². The molecule has 5 heteroatoms. The Hall–Kier alpha value is -2.01. The van der Waals surface area contributed by atoms with E-state index in [-0.39, 0.29) is 5.91 Å². The summed E-state index contributed by atoms with van der Waals surface area (Å²) in [5.41, 5.74) is 6.81. The molecule has 0 spiro atoms. The molecule has 110 valence electrons. The number of halogens is 1. The minimum atomic E-state index is -0.120. The molecular formula is C16H17BrN2O2. The van der Waals surface area contributed by atoms with E-state index in [1.807, 2.05) is 36.4 Å². The van der Waals surface area contributed by atoms with Gasteiger partial charge in [0.05, 0.1) is 12.1 Å². The van der Waals surface area contributed by atoms with E-state index >= 15 is 0 Å². The molecule has 2 aromatic rings. The van der Waals surface area contributed by atoms with Crippen LogP contribution in [0.4, 0.5) is 5.69 Å². The molecule has 0 atom stereocenters. The van der Waals surface area contributed by atoms with E-state index in [1.165, 1.54) is 0 Å². The van der Waals surface area contributed by atoms with Crippen LogP contribution in [0.15, 0.2) is 53.0 Å². The van der Waals surface area contributed by atoms with Gasteiger partial charge in [-0.25, -0.2) is 0 Å². The summed E-state index contributed by atoms with van der Waals surface area (Å²) in [6.45, 7) is 0.917. The Morgan fingerprint density at radius 2 is 1.95 bits per heavy atom. The molecule has 0 saturated heterocycles. The van der Waals surface area contributed by atoms with E-state index in [1.54, 1.807) is 24.1 Å². The van der Waals surface area contributed by atoms with Crippen LogP contribution in [-0.2, 0) is 0 Å². The third kappa shape index (κ3) is 4.23. The average molecular weight is 349 g/mol. The lowest BCUT2D eigenvalue weighted by atomic mass is 10.1. The number of nitrogen functional groups attached to an aromatic ring is 1. The molecule has 0 unspecified atom stereocenters. The number of nitrogens with two attached hydrogens (primary N) is 1. The first kappa shape index (κ1) is 15.4. The Morgan fingerprint density at radius 1 is 1.24 bits per heavy atom. The van der Waals surface area contributed by atoms with Crippen molar-refractivity contribution < 1.29 is 9.53 Å². The van der Waals surface area contributed by atoms with Crippen LogP contribution in [0, 0.1) is 0 Å². The first-order valence-electron chi connectivity index (χ1n) is 6.56. The number of nitrogens with zero attached hydrogens (tertiary/aromatic N) is 1. The molecule has 4 nitrogen and oxygen atoms in total. The fourth-order valence-corrected chi connectivity index (χ4v) is 2.20. The molecule has 2 rings (SSSR count). The molecule has 1 amide bonds. The fraction of sp³-hybridized carbons (Fsp3) is 0.188. The molecular weight excluding hydrogens is 332 g/mol. The number of amides is 1. The van der Waals surface area contributed by atoms with Gasteiger partial charge in [0.1, 0.15) is 12.4 Å². The van der Waals surface area contributed by atoms with E-state index < -0.39 is 0 Å². The van der Waals surface area contributed by atoms with Crippen molar-refractivity contribution in [2.45, 2.75) is 0 Å². The Morgan fingerprint density at radius 3 is 2.67 bits per heavy atom. The van der Waals surface area contributed by atoms with Gasteiger partial charge in [-0.1, -0.05) is 34.1 Å². The van der Waals surface area contributed by atoms with Crippen LogP contribution in [0.5, 0.6) is 5.75 Å². The van der Waals surface area contributed by atoms with Crippen LogP contribution in [0.25, 0.3) is 0 Å². The van der Waals surface area contributed by atoms with Gasteiger partial charge in [-0.15, -0.1) is 0 Å².